The summed E-state index contributed by atoms with van der Waals surface area (Å²) >= 11 is 0. The van der Waals surface area contributed by atoms with Crippen LogP contribution in [-0.4, -0.2) is 34.1 Å². The molecule has 1 saturated heterocycles. The molecule has 1 amide bonds. The van der Waals surface area contributed by atoms with E-state index in [1.54, 1.807) is 4.90 Å². The van der Waals surface area contributed by atoms with Gasteiger partial charge in [-0.2, -0.15) is 18.3 Å². The Balaban J connectivity index is 2.02. The van der Waals surface area contributed by atoms with Gasteiger partial charge in [0.1, 0.15) is 0 Å². The number of likely N-dealkylation sites (tertiary alicyclic amines) is 1. The normalized spacial score (nSPS) is 18.1. The minimum atomic E-state index is -4.41. The van der Waals surface area contributed by atoms with Crippen LogP contribution in [-0.2, 0) is 11.0 Å². The van der Waals surface area contributed by atoms with Gasteiger partial charge in [0.15, 0.2) is 5.69 Å². The number of hydrogen-bond acceptors (Lipinski definition) is 2. The van der Waals surface area contributed by atoms with Crippen LogP contribution in [0.3, 0.4) is 0 Å². The number of H-pyrrole nitrogens is 1. The van der Waals surface area contributed by atoms with Crippen LogP contribution in [0.1, 0.15) is 37.1 Å². The summed E-state index contributed by atoms with van der Waals surface area (Å²) < 4.78 is 37.2. The molecular weight excluding hydrogens is 247 g/mol. The van der Waals surface area contributed by atoms with Crippen molar-refractivity contribution >= 4 is 5.91 Å². The van der Waals surface area contributed by atoms with Crippen LogP contribution in [0.4, 0.5) is 13.2 Å². The number of aromatic amines is 1. The second kappa shape index (κ2) is 4.62. The zero-order valence-electron chi connectivity index (χ0n) is 9.92. The second-order valence-electron chi connectivity index (χ2n) is 4.49. The molecule has 1 aromatic rings. The summed E-state index contributed by atoms with van der Waals surface area (Å²) in [4.78, 5) is 12.8. The number of aromatic nitrogens is 2. The van der Waals surface area contributed by atoms with E-state index in [0.717, 1.165) is 6.07 Å². The lowest BCUT2D eigenvalue weighted by Gasteiger charge is -2.30. The topological polar surface area (TPSA) is 49.0 Å². The smallest absolute Gasteiger partial charge is 0.343 e. The Morgan fingerprint density at radius 2 is 2.06 bits per heavy atom. The quantitative estimate of drug-likeness (QED) is 0.842. The Hall–Kier alpha value is -1.53. The van der Waals surface area contributed by atoms with Gasteiger partial charge in [-0.1, -0.05) is 0 Å². The van der Waals surface area contributed by atoms with Gasteiger partial charge < -0.3 is 4.90 Å². The third kappa shape index (κ3) is 2.65. The van der Waals surface area contributed by atoms with Gasteiger partial charge in [0.2, 0.25) is 5.91 Å². The SMILES string of the molecule is CC(=O)N1CCC(c2cc(C(F)(F)F)n[nH]2)CC1. The number of rotatable bonds is 1. The monoisotopic (exact) mass is 261 g/mol. The van der Waals surface area contributed by atoms with E-state index < -0.39 is 11.9 Å². The summed E-state index contributed by atoms with van der Waals surface area (Å²) in [5.74, 6) is 0.0261. The summed E-state index contributed by atoms with van der Waals surface area (Å²) in [7, 11) is 0. The fourth-order valence-electron chi connectivity index (χ4n) is 2.20. The minimum absolute atomic E-state index is 0.00837. The highest BCUT2D eigenvalue weighted by Crippen LogP contribution is 2.32. The molecule has 0 atom stereocenters. The summed E-state index contributed by atoms with van der Waals surface area (Å²) in [6.45, 7) is 2.67. The Morgan fingerprint density at radius 3 is 2.50 bits per heavy atom. The van der Waals surface area contributed by atoms with Crippen LogP contribution in [0.5, 0.6) is 0 Å². The molecule has 1 N–H and O–H groups in total. The first kappa shape index (κ1) is 12.9. The molecule has 0 aromatic carbocycles. The first-order valence-electron chi connectivity index (χ1n) is 5.76. The number of nitrogens with one attached hydrogen (secondary N) is 1. The van der Waals surface area contributed by atoms with E-state index in [1.807, 2.05) is 0 Å². The number of carbonyl (C=O) groups excluding carboxylic acids is 1. The van der Waals surface area contributed by atoms with Gasteiger partial charge in [-0.3, -0.25) is 9.89 Å². The zero-order chi connectivity index (χ0) is 13.3. The average molecular weight is 261 g/mol. The van der Waals surface area contributed by atoms with Crippen molar-refractivity contribution in [1.29, 1.82) is 0 Å². The number of hydrogen-bond donors (Lipinski definition) is 1. The molecule has 4 nitrogen and oxygen atoms in total. The maximum atomic E-state index is 12.4. The number of carbonyl (C=O) groups is 1. The number of piperidine rings is 1. The fourth-order valence-corrected chi connectivity index (χ4v) is 2.20. The van der Waals surface area contributed by atoms with Crippen molar-refractivity contribution in [3.05, 3.63) is 17.5 Å². The van der Waals surface area contributed by atoms with Gasteiger partial charge in [0.25, 0.3) is 0 Å². The molecule has 2 heterocycles. The largest absolute Gasteiger partial charge is 0.435 e. The molecule has 18 heavy (non-hydrogen) atoms. The molecule has 1 aliphatic rings. The molecule has 0 spiro atoms. The zero-order valence-corrected chi connectivity index (χ0v) is 9.92. The van der Waals surface area contributed by atoms with Gasteiger partial charge in [0.05, 0.1) is 0 Å². The second-order valence-corrected chi connectivity index (χ2v) is 4.49. The highest BCUT2D eigenvalue weighted by Gasteiger charge is 2.35. The molecule has 1 aromatic heterocycles. The number of alkyl halides is 3. The van der Waals surface area contributed by atoms with E-state index in [0.29, 0.717) is 31.6 Å². The molecule has 1 fully saturated rings. The Bertz CT molecular complexity index is 433. The third-order valence-electron chi connectivity index (χ3n) is 3.27. The molecule has 100 valence electrons. The molecule has 0 saturated carbocycles. The summed E-state index contributed by atoms with van der Waals surface area (Å²) in [6.07, 6.45) is -3.08. The van der Waals surface area contributed by atoms with Crippen LogP contribution >= 0.6 is 0 Å². The van der Waals surface area contributed by atoms with E-state index in [4.69, 9.17) is 0 Å². The van der Waals surface area contributed by atoms with Crippen molar-refractivity contribution in [2.45, 2.75) is 31.9 Å². The predicted molar refractivity (Wildman–Crippen MR) is 57.8 cm³/mol. The number of amides is 1. The van der Waals surface area contributed by atoms with Gasteiger partial charge in [-0.15, -0.1) is 0 Å². The van der Waals surface area contributed by atoms with Crippen molar-refractivity contribution in [1.82, 2.24) is 15.1 Å². The lowest BCUT2D eigenvalue weighted by Crippen LogP contribution is -2.36. The summed E-state index contributed by atoms with van der Waals surface area (Å²) in [6, 6.07) is 1.06. The van der Waals surface area contributed by atoms with E-state index >= 15 is 0 Å². The van der Waals surface area contributed by atoms with Crippen molar-refractivity contribution in [2.24, 2.45) is 0 Å². The standard InChI is InChI=1S/C11H14F3N3O/c1-7(18)17-4-2-8(3-5-17)9-6-10(16-15-9)11(12,13)14/h6,8H,2-5H2,1H3,(H,15,16). The molecule has 7 heteroatoms. The molecule has 0 aliphatic carbocycles. The molecule has 0 unspecified atom stereocenters. The highest BCUT2D eigenvalue weighted by atomic mass is 19.4. The van der Waals surface area contributed by atoms with Gasteiger partial charge >= 0.3 is 6.18 Å². The van der Waals surface area contributed by atoms with Crippen LogP contribution < -0.4 is 0 Å². The average Bonchev–Trinajstić information content (AvgIpc) is 2.78. The van der Waals surface area contributed by atoms with Gasteiger partial charge in [-0.05, 0) is 18.9 Å². The van der Waals surface area contributed by atoms with Crippen molar-refractivity contribution in [3.63, 3.8) is 0 Å². The highest BCUT2D eigenvalue weighted by molar-refractivity contribution is 5.73. The minimum Gasteiger partial charge on any atom is -0.343 e. The first-order chi connectivity index (χ1) is 8.38. The molecule has 2 rings (SSSR count). The lowest BCUT2D eigenvalue weighted by molar-refractivity contribution is -0.141. The third-order valence-corrected chi connectivity index (χ3v) is 3.27. The van der Waals surface area contributed by atoms with E-state index in [2.05, 4.69) is 10.2 Å². The molecule has 0 radical (unpaired) electrons. The van der Waals surface area contributed by atoms with Crippen molar-refractivity contribution in [2.75, 3.05) is 13.1 Å². The van der Waals surface area contributed by atoms with E-state index in [9.17, 15) is 18.0 Å². The van der Waals surface area contributed by atoms with Gasteiger partial charge in [0, 0.05) is 31.6 Å². The Morgan fingerprint density at radius 1 is 1.44 bits per heavy atom. The van der Waals surface area contributed by atoms with Crippen LogP contribution in [0.15, 0.2) is 6.07 Å². The maximum absolute atomic E-state index is 12.4. The maximum Gasteiger partial charge on any atom is 0.435 e. The Kier molecular flexibility index (Phi) is 3.32. The van der Waals surface area contributed by atoms with Crippen molar-refractivity contribution in [3.8, 4) is 0 Å². The number of nitrogens with zero attached hydrogens (tertiary/aromatic N) is 2. The van der Waals surface area contributed by atoms with E-state index in [1.165, 1.54) is 6.92 Å². The van der Waals surface area contributed by atoms with Crippen LogP contribution in [0.2, 0.25) is 0 Å². The van der Waals surface area contributed by atoms with Crippen LogP contribution in [0, 0.1) is 0 Å². The molecule has 0 bridgehead atoms. The fraction of sp³-hybridized carbons (Fsp3) is 0.636. The molecule has 1 aliphatic heterocycles. The lowest BCUT2D eigenvalue weighted by atomic mass is 9.93. The van der Waals surface area contributed by atoms with Crippen LogP contribution in [0.25, 0.3) is 0 Å². The Labute approximate surface area is 102 Å². The first-order valence-corrected chi connectivity index (χ1v) is 5.76. The van der Waals surface area contributed by atoms with Crippen molar-refractivity contribution < 1.29 is 18.0 Å². The van der Waals surface area contributed by atoms with Gasteiger partial charge in [-0.25, -0.2) is 0 Å². The van der Waals surface area contributed by atoms with E-state index in [-0.39, 0.29) is 11.8 Å². The predicted octanol–water partition coefficient (Wildman–Crippen LogP) is 2.15. The number of halogens is 3. The summed E-state index contributed by atoms with van der Waals surface area (Å²) in [5.41, 5.74) is -0.378. The summed E-state index contributed by atoms with van der Waals surface area (Å²) in [5, 5.41) is 5.74. The molecular formula is C11H14F3N3O.